The summed E-state index contributed by atoms with van der Waals surface area (Å²) in [7, 11) is 1.63. The van der Waals surface area contributed by atoms with Crippen molar-refractivity contribution in [3.63, 3.8) is 0 Å². The van der Waals surface area contributed by atoms with Gasteiger partial charge in [-0.05, 0) is 35.4 Å². The van der Waals surface area contributed by atoms with E-state index in [4.69, 9.17) is 9.72 Å². The Kier molecular flexibility index (Phi) is 4.42. The summed E-state index contributed by atoms with van der Waals surface area (Å²) in [5.41, 5.74) is 3.85. The number of aromatic nitrogens is 2. The molecule has 4 heteroatoms. The van der Waals surface area contributed by atoms with Gasteiger partial charge >= 0.3 is 0 Å². The van der Waals surface area contributed by atoms with Crippen LogP contribution in [0.3, 0.4) is 0 Å². The van der Waals surface area contributed by atoms with Crippen molar-refractivity contribution in [2.24, 2.45) is 0 Å². The molecule has 0 bridgehead atoms. The van der Waals surface area contributed by atoms with E-state index in [-0.39, 0.29) is 0 Å². The van der Waals surface area contributed by atoms with E-state index in [1.54, 1.807) is 7.11 Å². The van der Waals surface area contributed by atoms with Crippen LogP contribution in [0.15, 0.2) is 78.9 Å². The summed E-state index contributed by atoms with van der Waals surface area (Å²) in [4.78, 5) is 4.71. The Hall–Kier alpha value is -3.11. The average molecular weight is 344 g/mol. The van der Waals surface area contributed by atoms with Crippen molar-refractivity contribution in [2.45, 2.75) is 12.6 Å². The van der Waals surface area contributed by atoms with Gasteiger partial charge in [0, 0.05) is 6.54 Å². The molecule has 26 heavy (non-hydrogen) atoms. The number of hydrogen-bond donors (Lipinski definition) is 1. The molecule has 0 fully saturated rings. The lowest BCUT2D eigenvalue weighted by Gasteiger charge is -2.15. The summed E-state index contributed by atoms with van der Waals surface area (Å²) in [5.74, 6) is 1.40. The van der Waals surface area contributed by atoms with E-state index in [1.165, 1.54) is 5.56 Å². The van der Waals surface area contributed by atoms with Gasteiger partial charge in [0.2, 0.25) is 0 Å². The Balaban J connectivity index is 1.79. The number of fused-ring (bicyclic) bond motifs is 1. The number of para-hydroxylation sites is 2. The SMILES string of the molecule is COc1ccc(C(O)c2nc3ccccc3n2Cc2ccccc2)cc1. The molecule has 0 radical (unpaired) electrons. The Bertz CT molecular complexity index is 1010. The van der Waals surface area contributed by atoms with Crippen LogP contribution >= 0.6 is 0 Å². The number of benzene rings is 3. The summed E-state index contributed by atoms with van der Waals surface area (Å²) in [6, 6.07) is 25.6. The van der Waals surface area contributed by atoms with Gasteiger partial charge < -0.3 is 14.4 Å². The molecule has 4 rings (SSSR count). The molecule has 130 valence electrons. The van der Waals surface area contributed by atoms with Crippen molar-refractivity contribution in [1.29, 1.82) is 0 Å². The predicted molar refractivity (Wildman–Crippen MR) is 102 cm³/mol. The average Bonchev–Trinajstić information content (AvgIpc) is 3.07. The number of aliphatic hydroxyl groups is 1. The molecule has 0 amide bonds. The van der Waals surface area contributed by atoms with Crippen LogP contribution in [-0.2, 0) is 6.54 Å². The zero-order valence-electron chi connectivity index (χ0n) is 14.5. The zero-order valence-corrected chi connectivity index (χ0v) is 14.5. The van der Waals surface area contributed by atoms with E-state index in [0.29, 0.717) is 12.4 Å². The van der Waals surface area contributed by atoms with Crippen LogP contribution in [0.4, 0.5) is 0 Å². The fourth-order valence-electron chi connectivity index (χ4n) is 3.17. The Labute approximate surface area is 152 Å². The van der Waals surface area contributed by atoms with E-state index in [0.717, 1.165) is 22.3 Å². The summed E-state index contributed by atoms with van der Waals surface area (Å²) in [6.45, 7) is 0.657. The van der Waals surface area contributed by atoms with Crippen LogP contribution < -0.4 is 4.74 Å². The molecule has 0 aliphatic heterocycles. The van der Waals surface area contributed by atoms with E-state index >= 15 is 0 Å². The fourth-order valence-corrected chi connectivity index (χ4v) is 3.17. The second kappa shape index (κ2) is 7.02. The van der Waals surface area contributed by atoms with Gasteiger partial charge in [0.25, 0.3) is 0 Å². The molecule has 1 aromatic heterocycles. The number of hydrogen-bond acceptors (Lipinski definition) is 3. The normalized spacial score (nSPS) is 12.2. The molecule has 0 aliphatic carbocycles. The largest absolute Gasteiger partial charge is 0.497 e. The van der Waals surface area contributed by atoms with Crippen molar-refractivity contribution in [3.8, 4) is 5.75 Å². The molecule has 0 saturated heterocycles. The van der Waals surface area contributed by atoms with Gasteiger partial charge in [-0.1, -0.05) is 54.6 Å². The standard InChI is InChI=1S/C22H20N2O2/c1-26-18-13-11-17(12-14-18)21(25)22-23-19-9-5-6-10-20(19)24(22)15-16-7-3-2-4-8-16/h2-14,21,25H,15H2,1H3. The highest BCUT2D eigenvalue weighted by Gasteiger charge is 2.20. The number of methoxy groups -OCH3 is 1. The van der Waals surface area contributed by atoms with Crippen molar-refractivity contribution in [2.75, 3.05) is 7.11 Å². The van der Waals surface area contributed by atoms with Gasteiger partial charge in [0.1, 0.15) is 17.7 Å². The third-order valence-electron chi connectivity index (χ3n) is 4.54. The van der Waals surface area contributed by atoms with Crippen LogP contribution in [0.2, 0.25) is 0 Å². The molecule has 1 atom stereocenters. The first-order chi connectivity index (χ1) is 12.8. The first-order valence-corrected chi connectivity index (χ1v) is 8.57. The number of imidazole rings is 1. The maximum Gasteiger partial charge on any atom is 0.143 e. The Morgan fingerprint density at radius 3 is 2.35 bits per heavy atom. The zero-order chi connectivity index (χ0) is 17.9. The number of nitrogens with zero attached hydrogens (tertiary/aromatic N) is 2. The maximum atomic E-state index is 11.0. The Morgan fingerprint density at radius 2 is 1.62 bits per heavy atom. The van der Waals surface area contributed by atoms with Crippen LogP contribution in [0.5, 0.6) is 5.75 Å². The highest BCUT2D eigenvalue weighted by atomic mass is 16.5. The van der Waals surface area contributed by atoms with Crippen LogP contribution in [0, 0.1) is 0 Å². The lowest BCUT2D eigenvalue weighted by molar-refractivity contribution is 0.206. The number of rotatable bonds is 5. The van der Waals surface area contributed by atoms with Crippen molar-refractivity contribution < 1.29 is 9.84 Å². The van der Waals surface area contributed by atoms with Crippen LogP contribution in [0.1, 0.15) is 23.1 Å². The quantitative estimate of drug-likeness (QED) is 0.591. The summed E-state index contributed by atoms with van der Waals surface area (Å²) >= 11 is 0. The minimum Gasteiger partial charge on any atom is -0.497 e. The summed E-state index contributed by atoms with van der Waals surface area (Å²) in [6.07, 6.45) is -0.808. The molecular weight excluding hydrogens is 324 g/mol. The highest BCUT2D eigenvalue weighted by Crippen LogP contribution is 2.27. The van der Waals surface area contributed by atoms with Crippen molar-refractivity contribution >= 4 is 11.0 Å². The highest BCUT2D eigenvalue weighted by molar-refractivity contribution is 5.76. The first kappa shape index (κ1) is 16.4. The fraction of sp³-hybridized carbons (Fsp3) is 0.136. The van der Waals surface area contributed by atoms with Gasteiger partial charge in [-0.15, -0.1) is 0 Å². The number of aliphatic hydroxyl groups excluding tert-OH is 1. The molecule has 4 nitrogen and oxygen atoms in total. The summed E-state index contributed by atoms with van der Waals surface area (Å²) < 4.78 is 7.29. The van der Waals surface area contributed by atoms with Crippen LogP contribution in [0.25, 0.3) is 11.0 Å². The second-order valence-corrected chi connectivity index (χ2v) is 6.21. The second-order valence-electron chi connectivity index (χ2n) is 6.21. The van der Waals surface area contributed by atoms with Crippen LogP contribution in [-0.4, -0.2) is 21.8 Å². The minimum absolute atomic E-state index is 0.639. The van der Waals surface area contributed by atoms with Gasteiger partial charge in [-0.25, -0.2) is 4.98 Å². The van der Waals surface area contributed by atoms with Gasteiger partial charge in [-0.2, -0.15) is 0 Å². The molecule has 0 saturated carbocycles. The van der Waals surface area contributed by atoms with E-state index < -0.39 is 6.10 Å². The lowest BCUT2D eigenvalue weighted by atomic mass is 10.1. The molecule has 0 aliphatic rings. The molecule has 3 aromatic carbocycles. The molecular formula is C22H20N2O2. The van der Waals surface area contributed by atoms with Crippen molar-refractivity contribution in [3.05, 3.63) is 95.8 Å². The topological polar surface area (TPSA) is 47.3 Å². The molecule has 1 N–H and O–H groups in total. The first-order valence-electron chi connectivity index (χ1n) is 8.57. The monoisotopic (exact) mass is 344 g/mol. The molecule has 4 aromatic rings. The molecule has 1 unspecified atom stereocenters. The molecule has 0 spiro atoms. The maximum absolute atomic E-state index is 11.0. The van der Waals surface area contributed by atoms with Gasteiger partial charge in [-0.3, -0.25) is 0 Å². The number of ether oxygens (including phenoxy) is 1. The third-order valence-corrected chi connectivity index (χ3v) is 4.54. The van der Waals surface area contributed by atoms with Gasteiger partial charge in [0.15, 0.2) is 0 Å². The van der Waals surface area contributed by atoms with E-state index in [2.05, 4.69) is 16.7 Å². The minimum atomic E-state index is -0.808. The predicted octanol–water partition coefficient (Wildman–Crippen LogP) is 4.17. The van der Waals surface area contributed by atoms with E-state index in [9.17, 15) is 5.11 Å². The van der Waals surface area contributed by atoms with Gasteiger partial charge in [0.05, 0.1) is 18.1 Å². The third kappa shape index (κ3) is 3.07. The molecule has 1 heterocycles. The smallest absolute Gasteiger partial charge is 0.143 e. The summed E-state index contributed by atoms with van der Waals surface area (Å²) in [5, 5.41) is 11.0. The van der Waals surface area contributed by atoms with E-state index in [1.807, 2.05) is 66.7 Å². The Morgan fingerprint density at radius 1 is 0.923 bits per heavy atom. The van der Waals surface area contributed by atoms with Crippen molar-refractivity contribution in [1.82, 2.24) is 9.55 Å². The lowest BCUT2D eigenvalue weighted by Crippen LogP contribution is -2.11.